The van der Waals surface area contributed by atoms with Gasteiger partial charge in [0.2, 0.25) is 0 Å². The molecule has 0 saturated carbocycles. The fourth-order valence-electron chi connectivity index (χ4n) is 2.84. The lowest BCUT2D eigenvalue weighted by Gasteiger charge is -2.13. The molecule has 0 aliphatic carbocycles. The van der Waals surface area contributed by atoms with E-state index in [2.05, 4.69) is 0 Å². The van der Waals surface area contributed by atoms with E-state index in [0.717, 1.165) is 4.90 Å². The summed E-state index contributed by atoms with van der Waals surface area (Å²) in [5.41, 5.74) is 1.39. The van der Waals surface area contributed by atoms with Crippen molar-refractivity contribution >= 4 is 29.6 Å². The molecule has 30 heavy (non-hydrogen) atoms. The molecule has 1 aliphatic heterocycles. The fourth-order valence-corrected chi connectivity index (χ4v) is 2.84. The maximum atomic E-state index is 12.8. The first kappa shape index (κ1) is 20.9. The van der Waals surface area contributed by atoms with Crippen LogP contribution in [0.3, 0.4) is 0 Å². The number of carbonyl (C=O) groups excluding carboxylic acids is 3. The van der Waals surface area contributed by atoms with E-state index >= 15 is 0 Å². The van der Waals surface area contributed by atoms with Crippen LogP contribution in [0, 0.1) is 0 Å². The summed E-state index contributed by atoms with van der Waals surface area (Å²) in [5.74, 6) is -1.11. The number of nitrogens with zero attached hydrogens (tertiary/aromatic N) is 1. The van der Waals surface area contributed by atoms with Gasteiger partial charge in [-0.3, -0.25) is 4.79 Å². The Morgan fingerprint density at radius 3 is 2.63 bits per heavy atom. The monoisotopic (exact) mass is 411 g/mol. The molecule has 0 aromatic heterocycles. The van der Waals surface area contributed by atoms with Gasteiger partial charge in [0, 0.05) is 0 Å². The highest BCUT2D eigenvalue weighted by Gasteiger charge is 2.29. The van der Waals surface area contributed by atoms with Gasteiger partial charge < -0.3 is 19.3 Å². The van der Waals surface area contributed by atoms with Crippen molar-refractivity contribution in [2.45, 2.75) is 6.92 Å². The number of phenolic OH excluding ortho intramolecular Hbond substituents is 1. The minimum Gasteiger partial charge on any atom is -0.504 e. The number of cyclic esters (lactones) is 1. The Balaban J connectivity index is 1.83. The molecular weight excluding hydrogens is 390 g/mol. The third-order valence-electron chi connectivity index (χ3n) is 4.29. The second-order valence-electron chi connectivity index (χ2n) is 6.32. The van der Waals surface area contributed by atoms with Gasteiger partial charge in [-0.05, 0) is 36.3 Å². The summed E-state index contributed by atoms with van der Waals surface area (Å²) >= 11 is 0. The average molecular weight is 411 g/mol. The predicted molar refractivity (Wildman–Crippen MR) is 108 cm³/mol. The second-order valence-corrected chi connectivity index (χ2v) is 6.32. The highest BCUT2D eigenvalue weighted by Crippen LogP contribution is 2.29. The minimum atomic E-state index is -0.748. The largest absolute Gasteiger partial charge is 0.504 e. The molecule has 156 valence electrons. The Morgan fingerprint density at radius 1 is 1.20 bits per heavy atom. The Morgan fingerprint density at radius 2 is 1.97 bits per heavy atom. The van der Waals surface area contributed by atoms with E-state index in [-0.39, 0.29) is 30.2 Å². The SMILES string of the molecule is CCOc1cc(/C=C(/C(=O)OCC(=O)N2CCOC2=O)c2ccccc2)ccc1O. The van der Waals surface area contributed by atoms with Gasteiger partial charge in [0.05, 0.1) is 18.7 Å². The first-order chi connectivity index (χ1) is 14.5. The zero-order valence-electron chi connectivity index (χ0n) is 16.4. The van der Waals surface area contributed by atoms with Crippen molar-refractivity contribution < 1.29 is 33.7 Å². The van der Waals surface area contributed by atoms with E-state index in [0.29, 0.717) is 17.7 Å². The molecule has 0 spiro atoms. The smallest absolute Gasteiger partial charge is 0.416 e. The van der Waals surface area contributed by atoms with E-state index in [1.54, 1.807) is 49.4 Å². The van der Waals surface area contributed by atoms with Crippen LogP contribution in [0.5, 0.6) is 11.5 Å². The summed E-state index contributed by atoms with van der Waals surface area (Å²) in [6, 6.07) is 13.5. The van der Waals surface area contributed by atoms with Crippen LogP contribution in [0.4, 0.5) is 4.79 Å². The summed E-state index contributed by atoms with van der Waals surface area (Å²) < 4.78 is 15.3. The van der Waals surface area contributed by atoms with Crippen LogP contribution < -0.4 is 4.74 Å². The number of benzene rings is 2. The maximum absolute atomic E-state index is 12.8. The van der Waals surface area contributed by atoms with E-state index in [9.17, 15) is 19.5 Å². The number of aromatic hydroxyl groups is 1. The van der Waals surface area contributed by atoms with Crippen molar-refractivity contribution in [2.75, 3.05) is 26.4 Å². The predicted octanol–water partition coefficient (Wildman–Crippen LogP) is 2.85. The third-order valence-corrected chi connectivity index (χ3v) is 4.29. The molecule has 3 rings (SSSR count). The molecule has 8 heteroatoms. The van der Waals surface area contributed by atoms with E-state index in [1.807, 2.05) is 6.07 Å². The van der Waals surface area contributed by atoms with Crippen LogP contribution in [0.25, 0.3) is 11.6 Å². The molecule has 0 radical (unpaired) electrons. The highest BCUT2D eigenvalue weighted by atomic mass is 16.6. The zero-order chi connectivity index (χ0) is 21.5. The second kappa shape index (κ2) is 9.60. The van der Waals surface area contributed by atoms with Crippen molar-refractivity contribution in [3.05, 3.63) is 59.7 Å². The van der Waals surface area contributed by atoms with E-state index < -0.39 is 24.6 Å². The van der Waals surface area contributed by atoms with Gasteiger partial charge in [-0.1, -0.05) is 36.4 Å². The van der Waals surface area contributed by atoms with Gasteiger partial charge in [0.15, 0.2) is 18.1 Å². The number of hydrogen-bond acceptors (Lipinski definition) is 7. The molecule has 1 heterocycles. The standard InChI is InChI=1S/C22H21NO7/c1-2-28-19-13-15(8-9-18(19)24)12-17(16-6-4-3-5-7-16)21(26)30-14-20(25)23-10-11-29-22(23)27/h3-9,12-13,24H,2,10-11,14H2,1H3/b17-12+. The first-order valence-electron chi connectivity index (χ1n) is 9.36. The number of carbonyl (C=O) groups is 3. The topological polar surface area (TPSA) is 102 Å². The van der Waals surface area contributed by atoms with Gasteiger partial charge in [-0.25, -0.2) is 14.5 Å². The van der Waals surface area contributed by atoms with Gasteiger partial charge in [0.1, 0.15) is 6.61 Å². The molecule has 0 unspecified atom stereocenters. The molecule has 0 atom stereocenters. The number of imide groups is 1. The molecule has 1 fully saturated rings. The number of hydrogen-bond donors (Lipinski definition) is 1. The molecule has 1 aliphatic rings. The van der Waals surface area contributed by atoms with Crippen LogP contribution in [0.15, 0.2) is 48.5 Å². The van der Waals surface area contributed by atoms with Crippen molar-refractivity contribution in [3.8, 4) is 11.5 Å². The molecule has 2 aromatic carbocycles. The Hall–Kier alpha value is -3.81. The Kier molecular flexibility index (Phi) is 6.69. The Labute approximate surface area is 173 Å². The minimum absolute atomic E-state index is 0.0130. The summed E-state index contributed by atoms with van der Waals surface area (Å²) in [7, 11) is 0. The van der Waals surface area contributed by atoms with Crippen molar-refractivity contribution in [3.63, 3.8) is 0 Å². The lowest BCUT2D eigenvalue weighted by molar-refractivity contribution is -0.145. The van der Waals surface area contributed by atoms with Crippen LogP contribution in [-0.2, 0) is 19.1 Å². The fraction of sp³-hybridized carbons (Fsp3) is 0.227. The van der Waals surface area contributed by atoms with Crippen LogP contribution in [-0.4, -0.2) is 54.3 Å². The van der Waals surface area contributed by atoms with Crippen molar-refractivity contribution in [2.24, 2.45) is 0 Å². The van der Waals surface area contributed by atoms with E-state index in [4.69, 9.17) is 14.2 Å². The number of phenols is 1. The summed E-state index contributed by atoms with van der Waals surface area (Å²) in [6.45, 7) is 1.83. The molecule has 2 aromatic rings. The van der Waals surface area contributed by atoms with Crippen LogP contribution in [0.1, 0.15) is 18.1 Å². The molecule has 1 saturated heterocycles. The molecule has 8 nitrogen and oxygen atoms in total. The number of amides is 2. The number of rotatable bonds is 7. The molecule has 2 amide bonds. The quantitative estimate of drug-likeness (QED) is 0.425. The maximum Gasteiger partial charge on any atom is 0.416 e. The first-order valence-corrected chi connectivity index (χ1v) is 9.36. The molecular formula is C22H21NO7. The van der Waals surface area contributed by atoms with E-state index in [1.165, 1.54) is 6.07 Å². The third kappa shape index (κ3) is 4.96. The van der Waals surface area contributed by atoms with Gasteiger partial charge >= 0.3 is 12.1 Å². The summed E-state index contributed by atoms with van der Waals surface area (Å²) in [5, 5.41) is 9.88. The van der Waals surface area contributed by atoms with Crippen molar-refractivity contribution in [1.29, 1.82) is 0 Å². The number of esters is 1. The highest BCUT2D eigenvalue weighted by molar-refractivity contribution is 6.22. The lowest BCUT2D eigenvalue weighted by atomic mass is 10.0. The molecule has 0 bridgehead atoms. The van der Waals surface area contributed by atoms with Gasteiger partial charge in [0.25, 0.3) is 5.91 Å². The normalized spacial score (nSPS) is 13.7. The Bertz CT molecular complexity index is 969. The van der Waals surface area contributed by atoms with Crippen LogP contribution >= 0.6 is 0 Å². The number of ether oxygens (including phenoxy) is 3. The van der Waals surface area contributed by atoms with Crippen LogP contribution in [0.2, 0.25) is 0 Å². The van der Waals surface area contributed by atoms with Gasteiger partial charge in [-0.15, -0.1) is 0 Å². The average Bonchev–Trinajstić information content (AvgIpc) is 3.19. The molecule has 1 N–H and O–H groups in total. The summed E-state index contributed by atoms with van der Waals surface area (Å²) in [4.78, 5) is 37.2. The summed E-state index contributed by atoms with van der Waals surface area (Å²) in [6.07, 6.45) is 0.830. The van der Waals surface area contributed by atoms with Gasteiger partial charge in [-0.2, -0.15) is 0 Å². The zero-order valence-corrected chi connectivity index (χ0v) is 16.4. The lowest BCUT2D eigenvalue weighted by Crippen LogP contribution is -2.35. The van der Waals surface area contributed by atoms with Crippen molar-refractivity contribution in [1.82, 2.24) is 4.90 Å².